The average molecular weight is 391 g/mol. The fourth-order valence-electron chi connectivity index (χ4n) is 2.66. The van der Waals surface area contributed by atoms with Crippen molar-refractivity contribution in [3.05, 3.63) is 70.8 Å². The lowest BCUT2D eigenvalue weighted by Crippen LogP contribution is -2.39. The maximum absolute atomic E-state index is 12.9. The van der Waals surface area contributed by atoms with Crippen molar-refractivity contribution in [2.45, 2.75) is 25.1 Å². The highest BCUT2D eigenvalue weighted by atomic mass is 19.4. The smallest absolute Gasteiger partial charge is 0.396 e. The van der Waals surface area contributed by atoms with Gasteiger partial charge in [-0.15, -0.1) is 0 Å². The van der Waals surface area contributed by atoms with Gasteiger partial charge in [0, 0.05) is 13.2 Å². The molecule has 5 nitrogen and oxygen atoms in total. The summed E-state index contributed by atoms with van der Waals surface area (Å²) >= 11 is 0. The Morgan fingerprint density at radius 1 is 1.18 bits per heavy atom. The second-order valence-corrected chi connectivity index (χ2v) is 6.15. The molecule has 0 spiro atoms. The lowest BCUT2D eigenvalue weighted by Gasteiger charge is -2.20. The minimum absolute atomic E-state index is 0.0877. The summed E-state index contributed by atoms with van der Waals surface area (Å²) in [7, 11) is 0. The zero-order chi connectivity index (χ0) is 20.6. The summed E-state index contributed by atoms with van der Waals surface area (Å²) in [5.41, 5.74) is 0.938. The van der Waals surface area contributed by atoms with Crippen molar-refractivity contribution in [1.29, 1.82) is 5.26 Å². The number of aliphatic hydroxyl groups is 1. The number of hydrogen-bond donors (Lipinski definition) is 3. The largest absolute Gasteiger partial charge is 0.416 e. The van der Waals surface area contributed by atoms with E-state index in [-0.39, 0.29) is 18.6 Å². The number of rotatable bonds is 7. The van der Waals surface area contributed by atoms with E-state index in [1.54, 1.807) is 24.3 Å². The number of amides is 2. The van der Waals surface area contributed by atoms with Gasteiger partial charge in [0.25, 0.3) is 0 Å². The number of benzene rings is 2. The Labute approximate surface area is 160 Å². The van der Waals surface area contributed by atoms with Crippen molar-refractivity contribution >= 4 is 6.03 Å². The Morgan fingerprint density at radius 2 is 1.89 bits per heavy atom. The zero-order valence-electron chi connectivity index (χ0n) is 15.0. The number of carbonyl (C=O) groups excluding carboxylic acids is 1. The molecule has 1 atom stereocenters. The standard InChI is InChI=1S/C20H20F3N3O2/c21-20(22,23)17-3-1-2-16(12-17)18(9-11-27)26-19(28)25-10-8-14-4-6-15(13-24)7-5-14/h1-7,12,18,27H,8-11H2,(H2,25,26,28). The molecule has 1 unspecified atom stereocenters. The van der Waals surface area contributed by atoms with Gasteiger partial charge in [-0.3, -0.25) is 0 Å². The number of nitriles is 1. The van der Waals surface area contributed by atoms with Gasteiger partial charge in [0.15, 0.2) is 0 Å². The summed E-state index contributed by atoms with van der Waals surface area (Å²) in [6, 6.07) is 12.3. The molecule has 0 aliphatic heterocycles. The van der Waals surface area contributed by atoms with Crippen molar-refractivity contribution in [3.63, 3.8) is 0 Å². The Balaban J connectivity index is 1.94. The molecule has 0 aliphatic carbocycles. The number of aliphatic hydroxyl groups excluding tert-OH is 1. The van der Waals surface area contributed by atoms with Gasteiger partial charge in [-0.25, -0.2) is 4.79 Å². The molecule has 2 aromatic carbocycles. The maximum atomic E-state index is 12.9. The average Bonchev–Trinajstić information content (AvgIpc) is 2.67. The van der Waals surface area contributed by atoms with Crippen molar-refractivity contribution in [3.8, 4) is 6.07 Å². The first kappa shape index (κ1) is 21.3. The molecule has 0 saturated heterocycles. The molecule has 2 amide bonds. The predicted octanol–water partition coefficient (Wildman–Crippen LogP) is 3.54. The molecule has 3 N–H and O–H groups in total. The Bertz CT molecular complexity index is 830. The number of nitrogens with one attached hydrogen (secondary N) is 2. The van der Waals surface area contributed by atoms with Gasteiger partial charge >= 0.3 is 12.2 Å². The molecule has 0 aliphatic rings. The molecule has 0 aromatic heterocycles. The number of hydrogen-bond acceptors (Lipinski definition) is 3. The topological polar surface area (TPSA) is 85.2 Å². The minimum Gasteiger partial charge on any atom is -0.396 e. The van der Waals surface area contributed by atoms with Crippen LogP contribution in [0.5, 0.6) is 0 Å². The van der Waals surface area contributed by atoms with Gasteiger partial charge in [-0.2, -0.15) is 18.4 Å². The molecule has 0 bridgehead atoms. The lowest BCUT2D eigenvalue weighted by molar-refractivity contribution is -0.137. The monoisotopic (exact) mass is 391 g/mol. The molecule has 0 fully saturated rings. The molecular formula is C20H20F3N3O2. The van der Waals surface area contributed by atoms with Gasteiger partial charge in [-0.1, -0.05) is 24.3 Å². The van der Waals surface area contributed by atoms with Crippen LogP contribution in [0.25, 0.3) is 0 Å². The highest BCUT2D eigenvalue weighted by Gasteiger charge is 2.31. The van der Waals surface area contributed by atoms with Gasteiger partial charge < -0.3 is 15.7 Å². The summed E-state index contributed by atoms with van der Waals surface area (Å²) in [5, 5.41) is 23.2. The van der Waals surface area contributed by atoms with Crippen molar-refractivity contribution in [2.75, 3.05) is 13.2 Å². The molecule has 8 heteroatoms. The lowest BCUT2D eigenvalue weighted by atomic mass is 10.0. The SMILES string of the molecule is N#Cc1ccc(CCNC(=O)NC(CCO)c2cccc(C(F)(F)F)c2)cc1. The number of alkyl halides is 3. The number of urea groups is 1. The minimum atomic E-state index is -4.48. The van der Waals surface area contributed by atoms with Crippen LogP contribution < -0.4 is 10.6 Å². The summed E-state index contributed by atoms with van der Waals surface area (Å²) in [5.74, 6) is 0. The number of nitrogens with zero attached hydrogens (tertiary/aromatic N) is 1. The van der Waals surface area contributed by atoms with Crippen molar-refractivity contribution in [2.24, 2.45) is 0 Å². The van der Waals surface area contributed by atoms with E-state index in [0.29, 0.717) is 18.5 Å². The van der Waals surface area contributed by atoms with E-state index in [4.69, 9.17) is 5.26 Å². The highest BCUT2D eigenvalue weighted by molar-refractivity contribution is 5.74. The second kappa shape index (κ2) is 9.76. The predicted molar refractivity (Wildman–Crippen MR) is 97.3 cm³/mol. The van der Waals surface area contributed by atoms with E-state index in [0.717, 1.165) is 17.7 Å². The maximum Gasteiger partial charge on any atom is 0.416 e. The zero-order valence-corrected chi connectivity index (χ0v) is 15.0. The third kappa shape index (κ3) is 6.28. The van der Waals surface area contributed by atoms with Crippen LogP contribution in [0.2, 0.25) is 0 Å². The molecule has 0 heterocycles. The van der Waals surface area contributed by atoms with E-state index in [9.17, 15) is 23.1 Å². The molecular weight excluding hydrogens is 371 g/mol. The Morgan fingerprint density at radius 3 is 2.50 bits per heavy atom. The van der Waals surface area contributed by atoms with E-state index in [1.165, 1.54) is 12.1 Å². The molecule has 0 radical (unpaired) electrons. The third-order valence-corrected chi connectivity index (χ3v) is 4.12. The van der Waals surface area contributed by atoms with E-state index in [2.05, 4.69) is 10.6 Å². The Hall–Kier alpha value is -3.05. The summed E-state index contributed by atoms with van der Waals surface area (Å²) in [4.78, 5) is 12.1. The second-order valence-electron chi connectivity index (χ2n) is 6.15. The first-order chi connectivity index (χ1) is 13.3. The quantitative estimate of drug-likeness (QED) is 0.675. The van der Waals surface area contributed by atoms with Crippen LogP contribution in [-0.2, 0) is 12.6 Å². The van der Waals surface area contributed by atoms with E-state index >= 15 is 0 Å². The first-order valence-electron chi connectivity index (χ1n) is 8.65. The fraction of sp³-hybridized carbons (Fsp3) is 0.300. The normalized spacial score (nSPS) is 12.1. The third-order valence-electron chi connectivity index (χ3n) is 4.12. The van der Waals surface area contributed by atoms with Crippen LogP contribution >= 0.6 is 0 Å². The Kier molecular flexibility index (Phi) is 7.41. The summed E-state index contributed by atoms with van der Waals surface area (Å²) in [6.07, 6.45) is -3.86. The molecule has 0 saturated carbocycles. The summed E-state index contributed by atoms with van der Waals surface area (Å²) < 4.78 is 38.7. The fourth-order valence-corrected chi connectivity index (χ4v) is 2.66. The molecule has 148 valence electrons. The van der Waals surface area contributed by atoms with Crippen molar-refractivity contribution in [1.82, 2.24) is 10.6 Å². The number of halogens is 3. The molecule has 28 heavy (non-hydrogen) atoms. The van der Waals surface area contributed by atoms with Crippen LogP contribution in [0.3, 0.4) is 0 Å². The van der Waals surface area contributed by atoms with E-state index in [1.807, 2.05) is 6.07 Å². The first-order valence-corrected chi connectivity index (χ1v) is 8.65. The molecule has 2 rings (SSSR count). The van der Waals surface area contributed by atoms with Crippen molar-refractivity contribution < 1.29 is 23.1 Å². The number of carbonyl (C=O) groups is 1. The van der Waals surface area contributed by atoms with Gasteiger partial charge in [0.2, 0.25) is 0 Å². The van der Waals surface area contributed by atoms with Crippen LogP contribution in [0.15, 0.2) is 48.5 Å². The van der Waals surface area contributed by atoms with Crippen LogP contribution in [-0.4, -0.2) is 24.3 Å². The van der Waals surface area contributed by atoms with Gasteiger partial charge in [0.1, 0.15) is 0 Å². The summed E-state index contributed by atoms with van der Waals surface area (Å²) in [6.45, 7) is 0.0264. The van der Waals surface area contributed by atoms with Crippen LogP contribution in [0, 0.1) is 11.3 Å². The van der Waals surface area contributed by atoms with Crippen LogP contribution in [0.1, 0.15) is 34.7 Å². The molecule has 2 aromatic rings. The van der Waals surface area contributed by atoms with Gasteiger partial charge in [0.05, 0.1) is 23.2 Å². The highest BCUT2D eigenvalue weighted by Crippen LogP contribution is 2.31. The van der Waals surface area contributed by atoms with Gasteiger partial charge in [-0.05, 0) is 48.2 Å². The van der Waals surface area contributed by atoms with E-state index < -0.39 is 23.8 Å². The van der Waals surface area contributed by atoms with Crippen LogP contribution in [0.4, 0.5) is 18.0 Å².